The molecule has 2 aromatic rings. The lowest BCUT2D eigenvalue weighted by atomic mass is 10.1. The highest BCUT2D eigenvalue weighted by Gasteiger charge is 2.23. The second-order valence-electron chi connectivity index (χ2n) is 5.41. The molecule has 20 heavy (non-hydrogen) atoms. The van der Waals surface area contributed by atoms with Gasteiger partial charge in [0.05, 0.1) is 23.6 Å². The van der Waals surface area contributed by atoms with Gasteiger partial charge in [0.25, 0.3) is 0 Å². The van der Waals surface area contributed by atoms with E-state index in [4.69, 9.17) is 0 Å². The second-order valence-corrected chi connectivity index (χ2v) is 5.41. The van der Waals surface area contributed by atoms with E-state index in [0.29, 0.717) is 5.75 Å². The third kappa shape index (κ3) is 2.29. The van der Waals surface area contributed by atoms with E-state index >= 15 is 0 Å². The Labute approximate surface area is 119 Å². The molecule has 1 aromatic heterocycles. The summed E-state index contributed by atoms with van der Waals surface area (Å²) >= 11 is 0. The minimum Gasteiger partial charge on any atom is -0.508 e. The first kappa shape index (κ1) is 12.8. The largest absolute Gasteiger partial charge is 0.508 e. The lowest BCUT2D eigenvalue weighted by molar-refractivity contribution is 0.474. The minimum absolute atomic E-state index is 0.286. The molecule has 1 aliphatic carbocycles. The number of hydrogen-bond donors (Lipinski definition) is 2. The lowest BCUT2D eigenvalue weighted by Crippen LogP contribution is -2.14. The van der Waals surface area contributed by atoms with Crippen LogP contribution in [0.4, 0.5) is 11.4 Å². The second kappa shape index (κ2) is 5.04. The molecule has 0 radical (unpaired) electrons. The molecule has 1 aliphatic rings. The van der Waals surface area contributed by atoms with E-state index in [1.165, 1.54) is 11.1 Å². The summed E-state index contributed by atoms with van der Waals surface area (Å²) in [5, 5.41) is 13.1. The standard InChI is InChI=1S/C16H19N3O/c1-19(2)16-7-8-17-10-15(16)18-14-6-3-11-9-12(20)4-5-13(11)14/h4-5,7-10,14,18,20H,3,6H2,1-2H3. The monoisotopic (exact) mass is 269 g/mol. The van der Waals surface area contributed by atoms with Gasteiger partial charge in [-0.3, -0.25) is 4.98 Å². The third-order valence-electron chi connectivity index (χ3n) is 3.81. The summed E-state index contributed by atoms with van der Waals surface area (Å²) in [6, 6.07) is 7.94. The lowest BCUT2D eigenvalue weighted by Gasteiger charge is -2.21. The van der Waals surface area contributed by atoms with Crippen LogP contribution in [0.1, 0.15) is 23.6 Å². The van der Waals surface area contributed by atoms with Crippen molar-refractivity contribution in [2.45, 2.75) is 18.9 Å². The van der Waals surface area contributed by atoms with E-state index in [2.05, 4.69) is 15.2 Å². The molecule has 1 heterocycles. The van der Waals surface area contributed by atoms with Gasteiger partial charge in [-0.05, 0) is 42.2 Å². The molecule has 4 heteroatoms. The Morgan fingerprint density at radius 1 is 1.30 bits per heavy atom. The summed E-state index contributed by atoms with van der Waals surface area (Å²) in [4.78, 5) is 6.29. The number of rotatable bonds is 3. The quantitative estimate of drug-likeness (QED) is 0.899. The molecule has 0 aliphatic heterocycles. The fourth-order valence-corrected chi connectivity index (χ4v) is 2.83. The Kier molecular flexibility index (Phi) is 3.22. The molecule has 0 saturated carbocycles. The molecule has 3 rings (SSSR count). The van der Waals surface area contributed by atoms with Crippen LogP contribution in [0.3, 0.4) is 0 Å². The van der Waals surface area contributed by atoms with E-state index in [0.717, 1.165) is 24.2 Å². The number of nitrogens with one attached hydrogen (secondary N) is 1. The maximum atomic E-state index is 9.55. The van der Waals surface area contributed by atoms with E-state index in [1.54, 1.807) is 12.3 Å². The van der Waals surface area contributed by atoms with Crippen molar-refractivity contribution in [3.05, 3.63) is 47.8 Å². The number of nitrogens with zero attached hydrogens (tertiary/aromatic N) is 2. The van der Waals surface area contributed by atoms with Crippen molar-refractivity contribution in [2.24, 2.45) is 0 Å². The third-order valence-corrected chi connectivity index (χ3v) is 3.81. The van der Waals surface area contributed by atoms with Crippen LogP contribution in [0.5, 0.6) is 5.75 Å². The Bertz CT molecular complexity index is 625. The molecule has 4 nitrogen and oxygen atoms in total. The van der Waals surface area contributed by atoms with E-state index in [9.17, 15) is 5.11 Å². The van der Waals surface area contributed by atoms with Gasteiger partial charge in [0, 0.05) is 20.3 Å². The molecule has 0 fully saturated rings. The zero-order chi connectivity index (χ0) is 14.1. The van der Waals surface area contributed by atoms with Gasteiger partial charge in [-0.25, -0.2) is 0 Å². The Morgan fingerprint density at radius 2 is 2.15 bits per heavy atom. The maximum Gasteiger partial charge on any atom is 0.115 e. The Morgan fingerprint density at radius 3 is 2.95 bits per heavy atom. The summed E-state index contributed by atoms with van der Waals surface area (Å²) in [6.07, 6.45) is 5.72. The van der Waals surface area contributed by atoms with Gasteiger partial charge in [0.1, 0.15) is 5.75 Å². The Balaban J connectivity index is 1.88. The Hall–Kier alpha value is -2.23. The van der Waals surface area contributed by atoms with Gasteiger partial charge in [0.15, 0.2) is 0 Å². The van der Waals surface area contributed by atoms with E-state index in [-0.39, 0.29) is 6.04 Å². The van der Waals surface area contributed by atoms with Gasteiger partial charge < -0.3 is 15.3 Å². The van der Waals surface area contributed by atoms with Gasteiger partial charge >= 0.3 is 0 Å². The van der Waals surface area contributed by atoms with Gasteiger partial charge in [-0.15, -0.1) is 0 Å². The van der Waals surface area contributed by atoms with Crippen molar-refractivity contribution >= 4 is 11.4 Å². The zero-order valence-electron chi connectivity index (χ0n) is 11.8. The highest BCUT2D eigenvalue weighted by atomic mass is 16.3. The summed E-state index contributed by atoms with van der Waals surface area (Å²) in [5.74, 6) is 0.347. The van der Waals surface area contributed by atoms with Crippen molar-refractivity contribution in [2.75, 3.05) is 24.3 Å². The topological polar surface area (TPSA) is 48.4 Å². The number of anilines is 2. The number of aromatic hydroxyl groups is 1. The molecule has 2 N–H and O–H groups in total. The minimum atomic E-state index is 0.286. The number of hydrogen-bond acceptors (Lipinski definition) is 4. The van der Waals surface area contributed by atoms with Crippen LogP contribution in [0.2, 0.25) is 0 Å². The average molecular weight is 269 g/mol. The van der Waals surface area contributed by atoms with Crippen molar-refractivity contribution in [1.29, 1.82) is 0 Å². The number of pyridine rings is 1. The van der Waals surface area contributed by atoms with Crippen LogP contribution >= 0.6 is 0 Å². The predicted molar refractivity (Wildman–Crippen MR) is 81.4 cm³/mol. The SMILES string of the molecule is CN(C)c1ccncc1NC1CCc2cc(O)ccc21. The number of fused-ring (bicyclic) bond motifs is 1. The number of phenolic OH excluding ortho intramolecular Hbond substituents is 1. The normalized spacial score (nSPS) is 16.8. The molecule has 0 amide bonds. The molecular formula is C16H19N3O. The summed E-state index contributed by atoms with van der Waals surface area (Å²) in [6.45, 7) is 0. The highest BCUT2D eigenvalue weighted by Crippen LogP contribution is 2.37. The summed E-state index contributed by atoms with van der Waals surface area (Å²) in [7, 11) is 4.06. The van der Waals surface area contributed by atoms with Gasteiger partial charge in [0.2, 0.25) is 0 Å². The molecule has 1 atom stereocenters. The van der Waals surface area contributed by atoms with Crippen LogP contribution in [0.15, 0.2) is 36.7 Å². The fourth-order valence-electron chi connectivity index (χ4n) is 2.83. The first-order chi connectivity index (χ1) is 9.65. The van der Waals surface area contributed by atoms with Crippen LogP contribution in [0, 0.1) is 0 Å². The molecule has 0 saturated heterocycles. The first-order valence-electron chi connectivity index (χ1n) is 6.85. The van der Waals surface area contributed by atoms with Gasteiger partial charge in [-0.2, -0.15) is 0 Å². The number of benzene rings is 1. The van der Waals surface area contributed by atoms with Crippen molar-refractivity contribution in [3.8, 4) is 5.75 Å². The van der Waals surface area contributed by atoms with Crippen LogP contribution in [-0.2, 0) is 6.42 Å². The van der Waals surface area contributed by atoms with Crippen LogP contribution in [0.25, 0.3) is 0 Å². The molecular weight excluding hydrogens is 250 g/mol. The molecule has 0 bridgehead atoms. The highest BCUT2D eigenvalue weighted by molar-refractivity contribution is 5.69. The van der Waals surface area contributed by atoms with Gasteiger partial charge in [-0.1, -0.05) is 6.07 Å². The smallest absolute Gasteiger partial charge is 0.115 e. The van der Waals surface area contributed by atoms with Crippen molar-refractivity contribution in [3.63, 3.8) is 0 Å². The number of aryl methyl sites for hydroxylation is 1. The van der Waals surface area contributed by atoms with E-state index in [1.807, 2.05) is 38.5 Å². The van der Waals surface area contributed by atoms with E-state index < -0.39 is 0 Å². The first-order valence-corrected chi connectivity index (χ1v) is 6.85. The van der Waals surface area contributed by atoms with Crippen molar-refractivity contribution in [1.82, 2.24) is 4.98 Å². The predicted octanol–water partition coefficient (Wildman–Crippen LogP) is 2.95. The number of aromatic nitrogens is 1. The summed E-state index contributed by atoms with van der Waals surface area (Å²) < 4.78 is 0. The molecule has 104 valence electrons. The van der Waals surface area contributed by atoms with Crippen LogP contribution < -0.4 is 10.2 Å². The zero-order valence-corrected chi connectivity index (χ0v) is 11.8. The van der Waals surface area contributed by atoms with Crippen molar-refractivity contribution < 1.29 is 5.11 Å². The fraction of sp³-hybridized carbons (Fsp3) is 0.312. The number of phenols is 1. The maximum absolute atomic E-state index is 9.55. The molecule has 0 spiro atoms. The average Bonchev–Trinajstić information content (AvgIpc) is 2.81. The molecule has 1 aromatic carbocycles. The van der Waals surface area contributed by atoms with Crippen LogP contribution in [-0.4, -0.2) is 24.2 Å². The summed E-state index contributed by atoms with van der Waals surface area (Å²) in [5.41, 5.74) is 4.69. The molecule has 1 unspecified atom stereocenters.